The Morgan fingerprint density at radius 1 is 1.53 bits per heavy atom. The van der Waals surface area contributed by atoms with Crippen LogP contribution in [0.3, 0.4) is 0 Å². The number of aliphatic carboxylic acids is 1. The molecule has 0 radical (unpaired) electrons. The van der Waals surface area contributed by atoms with E-state index >= 15 is 0 Å². The molecule has 0 fully saturated rings. The molecule has 5 heteroatoms. The topological polar surface area (TPSA) is 69.9 Å². The first-order chi connectivity index (χ1) is 7.15. The van der Waals surface area contributed by atoms with Crippen molar-refractivity contribution in [2.45, 2.75) is 6.04 Å². The molecule has 0 aliphatic rings. The highest BCUT2D eigenvalue weighted by atomic mass is 32.1. The second kappa shape index (κ2) is 5.41. The van der Waals surface area contributed by atoms with E-state index in [1.54, 1.807) is 18.2 Å². The molecule has 15 heavy (non-hydrogen) atoms. The van der Waals surface area contributed by atoms with Crippen LogP contribution in [-0.4, -0.2) is 34.2 Å². The van der Waals surface area contributed by atoms with Crippen LogP contribution in [0.25, 0.3) is 0 Å². The van der Waals surface area contributed by atoms with E-state index in [9.17, 15) is 9.90 Å². The second-order valence-electron chi connectivity index (χ2n) is 2.87. The third kappa shape index (κ3) is 3.28. The minimum Gasteiger partial charge on any atom is -0.507 e. The zero-order valence-electron chi connectivity index (χ0n) is 7.87. The maximum atomic E-state index is 10.6. The molecule has 2 N–H and O–H groups in total. The Morgan fingerprint density at radius 3 is 2.73 bits per heavy atom. The number of carboxylic acid groups (broad SMARTS) is 1. The van der Waals surface area contributed by atoms with Gasteiger partial charge in [0.05, 0.1) is 0 Å². The lowest BCUT2D eigenvalue weighted by Gasteiger charge is -2.02. The molecular weight excluding hydrogens is 214 g/mol. The summed E-state index contributed by atoms with van der Waals surface area (Å²) in [6, 6.07) is 5.69. The molecule has 0 bridgehead atoms. The van der Waals surface area contributed by atoms with Crippen molar-refractivity contribution in [2.75, 3.05) is 5.75 Å². The van der Waals surface area contributed by atoms with Crippen LogP contribution >= 0.6 is 12.6 Å². The van der Waals surface area contributed by atoms with Gasteiger partial charge in [-0.15, -0.1) is 0 Å². The zero-order chi connectivity index (χ0) is 11.3. The number of phenols is 1. The monoisotopic (exact) mass is 225 g/mol. The maximum absolute atomic E-state index is 10.6. The molecule has 1 aromatic rings. The standard InChI is InChI=1S/C10H11NO3S/c12-9-4-2-1-3-7(9)5-11-8(6-15)10(13)14/h1-5,8,12,15H,6H2,(H,13,14)/t8-/m0/s1. The predicted molar refractivity (Wildman–Crippen MR) is 61.0 cm³/mol. The van der Waals surface area contributed by atoms with Crippen LogP contribution in [0.4, 0.5) is 0 Å². The lowest BCUT2D eigenvalue weighted by molar-refractivity contribution is -0.137. The summed E-state index contributed by atoms with van der Waals surface area (Å²) in [4.78, 5) is 14.4. The highest BCUT2D eigenvalue weighted by molar-refractivity contribution is 7.80. The van der Waals surface area contributed by atoms with Gasteiger partial charge in [0.15, 0.2) is 6.04 Å². The average Bonchev–Trinajstić information content (AvgIpc) is 2.21. The Bertz CT molecular complexity index is 379. The quantitative estimate of drug-likeness (QED) is 0.532. The summed E-state index contributed by atoms with van der Waals surface area (Å²) < 4.78 is 0. The summed E-state index contributed by atoms with van der Waals surface area (Å²) in [5.41, 5.74) is 0.491. The fourth-order valence-electron chi connectivity index (χ4n) is 0.956. The molecule has 0 amide bonds. The van der Waals surface area contributed by atoms with Gasteiger partial charge in [-0.2, -0.15) is 12.6 Å². The van der Waals surface area contributed by atoms with E-state index in [-0.39, 0.29) is 11.5 Å². The van der Waals surface area contributed by atoms with Crippen LogP contribution in [0.2, 0.25) is 0 Å². The Kier molecular flexibility index (Phi) is 4.17. The van der Waals surface area contributed by atoms with Gasteiger partial charge in [0.1, 0.15) is 5.75 Å². The summed E-state index contributed by atoms with van der Waals surface area (Å²) in [7, 11) is 0. The largest absolute Gasteiger partial charge is 0.507 e. The maximum Gasteiger partial charge on any atom is 0.329 e. The van der Waals surface area contributed by atoms with Crippen molar-refractivity contribution in [3.8, 4) is 5.75 Å². The molecule has 0 unspecified atom stereocenters. The van der Waals surface area contributed by atoms with Gasteiger partial charge < -0.3 is 10.2 Å². The first-order valence-electron chi connectivity index (χ1n) is 4.30. The number of aromatic hydroxyl groups is 1. The Balaban J connectivity index is 2.81. The molecule has 0 aliphatic heterocycles. The van der Waals surface area contributed by atoms with E-state index in [0.29, 0.717) is 5.56 Å². The van der Waals surface area contributed by atoms with Gasteiger partial charge in [-0.1, -0.05) is 12.1 Å². The molecule has 80 valence electrons. The van der Waals surface area contributed by atoms with Crippen molar-refractivity contribution >= 4 is 24.8 Å². The van der Waals surface area contributed by atoms with E-state index in [0.717, 1.165) is 0 Å². The van der Waals surface area contributed by atoms with Gasteiger partial charge >= 0.3 is 5.97 Å². The molecule has 0 saturated heterocycles. The minimum absolute atomic E-state index is 0.0737. The van der Waals surface area contributed by atoms with Gasteiger partial charge in [0, 0.05) is 17.5 Å². The van der Waals surface area contributed by atoms with Gasteiger partial charge in [-0.05, 0) is 12.1 Å². The molecular formula is C10H11NO3S. The molecule has 0 aromatic heterocycles. The number of nitrogens with zero attached hydrogens (tertiary/aromatic N) is 1. The summed E-state index contributed by atoms with van der Waals surface area (Å²) in [6.45, 7) is 0. The average molecular weight is 225 g/mol. The third-order valence-electron chi connectivity index (χ3n) is 1.79. The molecule has 4 nitrogen and oxygen atoms in total. The summed E-state index contributed by atoms with van der Waals surface area (Å²) >= 11 is 3.87. The van der Waals surface area contributed by atoms with Crippen molar-refractivity contribution in [3.05, 3.63) is 29.8 Å². The van der Waals surface area contributed by atoms with Gasteiger partial charge in [-0.3, -0.25) is 4.99 Å². The first kappa shape index (κ1) is 11.6. The minimum atomic E-state index is -1.03. The van der Waals surface area contributed by atoms with Crippen molar-refractivity contribution in [1.82, 2.24) is 0 Å². The number of aliphatic imine (C=N–C) groups is 1. The highest BCUT2D eigenvalue weighted by Crippen LogP contribution is 2.13. The summed E-state index contributed by atoms with van der Waals surface area (Å²) in [5, 5.41) is 18.1. The highest BCUT2D eigenvalue weighted by Gasteiger charge is 2.12. The normalized spacial score (nSPS) is 12.9. The van der Waals surface area contributed by atoms with E-state index in [2.05, 4.69) is 17.6 Å². The van der Waals surface area contributed by atoms with Crippen molar-refractivity contribution in [2.24, 2.45) is 4.99 Å². The number of carbonyl (C=O) groups is 1. The molecule has 1 atom stereocenters. The molecule has 1 aromatic carbocycles. The first-order valence-corrected chi connectivity index (χ1v) is 4.93. The third-order valence-corrected chi connectivity index (χ3v) is 2.13. The van der Waals surface area contributed by atoms with E-state index in [1.165, 1.54) is 12.3 Å². The van der Waals surface area contributed by atoms with E-state index in [4.69, 9.17) is 5.11 Å². The molecule has 1 rings (SSSR count). The molecule has 0 spiro atoms. The van der Waals surface area contributed by atoms with Gasteiger partial charge in [0.2, 0.25) is 0 Å². The van der Waals surface area contributed by atoms with E-state index < -0.39 is 12.0 Å². The van der Waals surface area contributed by atoms with E-state index in [1.807, 2.05) is 0 Å². The van der Waals surface area contributed by atoms with Crippen molar-refractivity contribution < 1.29 is 15.0 Å². The van der Waals surface area contributed by atoms with Gasteiger partial charge in [0.25, 0.3) is 0 Å². The SMILES string of the molecule is O=C(O)[C@H](CS)N=Cc1ccccc1O. The smallest absolute Gasteiger partial charge is 0.329 e. The number of phenolic OH excluding ortho intramolecular Hbond substituents is 1. The van der Waals surface area contributed by atoms with Crippen LogP contribution in [0.15, 0.2) is 29.3 Å². The Morgan fingerprint density at radius 2 is 2.20 bits per heavy atom. The van der Waals surface area contributed by atoms with Crippen LogP contribution in [-0.2, 0) is 4.79 Å². The molecule has 0 heterocycles. The lowest BCUT2D eigenvalue weighted by atomic mass is 10.2. The number of thiol groups is 1. The number of hydrogen-bond donors (Lipinski definition) is 3. The summed E-state index contributed by atoms with van der Waals surface area (Å²) in [5.74, 6) is -0.833. The Hall–Kier alpha value is -1.49. The van der Waals surface area contributed by atoms with Crippen LogP contribution < -0.4 is 0 Å². The van der Waals surface area contributed by atoms with Crippen LogP contribution in [0.1, 0.15) is 5.56 Å². The number of para-hydroxylation sites is 1. The zero-order valence-corrected chi connectivity index (χ0v) is 8.76. The Labute approximate surface area is 92.7 Å². The fourth-order valence-corrected chi connectivity index (χ4v) is 1.21. The number of carboxylic acids is 1. The van der Waals surface area contributed by atoms with Crippen molar-refractivity contribution in [3.63, 3.8) is 0 Å². The molecule has 0 aliphatic carbocycles. The fraction of sp³-hybridized carbons (Fsp3) is 0.200. The number of hydrogen-bond acceptors (Lipinski definition) is 4. The lowest BCUT2D eigenvalue weighted by Crippen LogP contribution is -2.19. The predicted octanol–water partition coefficient (Wildman–Crippen LogP) is 1.19. The molecule has 0 saturated carbocycles. The van der Waals surface area contributed by atoms with Crippen LogP contribution in [0.5, 0.6) is 5.75 Å². The van der Waals surface area contributed by atoms with Crippen molar-refractivity contribution in [1.29, 1.82) is 0 Å². The number of rotatable bonds is 4. The second-order valence-corrected chi connectivity index (χ2v) is 3.24. The number of benzene rings is 1. The summed E-state index contributed by atoms with van der Waals surface area (Å²) in [6.07, 6.45) is 1.34. The van der Waals surface area contributed by atoms with Crippen LogP contribution in [0, 0.1) is 0 Å². The van der Waals surface area contributed by atoms with Gasteiger partial charge in [-0.25, -0.2) is 4.79 Å².